The maximum atomic E-state index is 12.9. The number of hydrogen-bond acceptors (Lipinski definition) is 7. The van der Waals surface area contributed by atoms with Crippen molar-refractivity contribution in [2.75, 3.05) is 32.8 Å². The molecular formula is C22H25N4O5PS. The van der Waals surface area contributed by atoms with E-state index in [2.05, 4.69) is 15.9 Å². The quantitative estimate of drug-likeness (QED) is 0.474. The number of carbonyl (C=O) groups is 3. The predicted octanol–water partition coefficient (Wildman–Crippen LogP) is 3.24. The number of benzene rings is 1. The van der Waals surface area contributed by atoms with Crippen LogP contribution in [-0.4, -0.2) is 71.5 Å². The Bertz CT molecular complexity index is 1080. The standard InChI is InChI=1S/C22H25N4O5PS/c1-2-3-13-31-22(29)26-11-9-25(10-12-26)21(28)17(14-32-30)23-19(27)18-15-33-20(24-18)16-7-5-4-6-8-16/h4-8,15,17H,2-3,9-13H2,1H3,(H,23,27)/t17-/m0/s1. The molecule has 33 heavy (non-hydrogen) atoms. The van der Waals surface area contributed by atoms with Gasteiger partial charge in [-0.05, 0) is 0 Å². The van der Waals surface area contributed by atoms with Crippen LogP contribution >= 0.6 is 19.3 Å². The maximum absolute atomic E-state index is 12.9. The van der Waals surface area contributed by atoms with E-state index in [1.165, 1.54) is 16.2 Å². The van der Waals surface area contributed by atoms with Crippen LogP contribution in [0.4, 0.5) is 4.79 Å². The molecule has 1 aliphatic heterocycles. The van der Waals surface area contributed by atoms with Crippen LogP contribution in [0.3, 0.4) is 0 Å². The van der Waals surface area contributed by atoms with E-state index in [4.69, 9.17) is 4.74 Å². The van der Waals surface area contributed by atoms with E-state index >= 15 is 0 Å². The Labute approximate surface area is 197 Å². The summed E-state index contributed by atoms with van der Waals surface area (Å²) in [6.45, 7) is 3.58. The monoisotopic (exact) mass is 488 g/mol. The molecule has 1 atom stereocenters. The summed E-state index contributed by atoms with van der Waals surface area (Å²) >= 11 is 1.32. The molecule has 0 saturated carbocycles. The zero-order chi connectivity index (χ0) is 23.6. The van der Waals surface area contributed by atoms with Crippen molar-refractivity contribution >= 4 is 37.2 Å². The second-order valence-electron chi connectivity index (χ2n) is 7.31. The third kappa shape index (κ3) is 6.78. The molecule has 0 unspecified atom stereocenters. The molecule has 0 radical (unpaired) electrons. The normalized spacial score (nSPS) is 14.2. The van der Waals surface area contributed by atoms with Gasteiger partial charge in [0, 0.05) is 0 Å². The number of thiazole rings is 1. The molecule has 1 aromatic carbocycles. The summed E-state index contributed by atoms with van der Waals surface area (Å²) in [7, 11) is -0.498. The number of nitrogens with zero attached hydrogens (tertiary/aromatic N) is 3. The molecule has 11 heteroatoms. The molecule has 2 aromatic rings. The van der Waals surface area contributed by atoms with Gasteiger partial charge in [-0.1, -0.05) is 6.92 Å². The van der Waals surface area contributed by atoms with E-state index in [1.54, 1.807) is 10.3 Å². The van der Waals surface area contributed by atoms with Gasteiger partial charge in [-0.15, -0.1) is 0 Å². The molecule has 0 bridgehead atoms. The zero-order valence-electron chi connectivity index (χ0n) is 18.2. The minimum absolute atomic E-state index is 0.167. The third-order valence-electron chi connectivity index (χ3n) is 5.03. The van der Waals surface area contributed by atoms with E-state index in [1.807, 2.05) is 37.3 Å². The van der Waals surface area contributed by atoms with Crippen molar-refractivity contribution in [3.8, 4) is 16.2 Å². The summed E-state index contributed by atoms with van der Waals surface area (Å²) < 4.78 is 16.4. The first-order chi connectivity index (χ1) is 16.0. The fourth-order valence-corrected chi connectivity index (χ4v) is 4.27. The van der Waals surface area contributed by atoms with Gasteiger partial charge < -0.3 is 0 Å². The van der Waals surface area contributed by atoms with Gasteiger partial charge >= 0.3 is 190 Å². The summed E-state index contributed by atoms with van der Waals surface area (Å²) in [6, 6.07) is 8.25. The Morgan fingerprint density at radius 2 is 1.88 bits per heavy atom. The van der Waals surface area contributed by atoms with Crippen LogP contribution < -0.4 is 5.32 Å². The van der Waals surface area contributed by atoms with Crippen LogP contribution in [0, 0.1) is 5.63 Å². The third-order valence-corrected chi connectivity index (χ3v) is 6.29. The Morgan fingerprint density at radius 1 is 1.18 bits per heavy atom. The molecule has 1 fully saturated rings. The van der Waals surface area contributed by atoms with E-state index in [0.717, 1.165) is 18.4 Å². The fourth-order valence-electron chi connectivity index (χ4n) is 3.19. The van der Waals surface area contributed by atoms with E-state index in [-0.39, 0.29) is 18.8 Å². The number of ether oxygens (including phenoxy) is 1. The average Bonchev–Trinajstić information content (AvgIpc) is 3.35. The molecule has 3 rings (SSSR count). The molecular weight excluding hydrogens is 463 g/mol. The van der Waals surface area contributed by atoms with Gasteiger partial charge in [0.1, 0.15) is 0 Å². The van der Waals surface area contributed by atoms with Gasteiger partial charge in [0.15, 0.2) is 0 Å². The Hall–Kier alpha value is -2.93. The van der Waals surface area contributed by atoms with Gasteiger partial charge in [0.25, 0.3) is 0 Å². The SMILES string of the molecule is CCCCOC(=O)N1CCN(C(=O)[C@H](C#P=O)NC(=O)c2csc(-c3ccccc3)n2)CC1. The van der Waals surface area contributed by atoms with E-state index in [0.29, 0.717) is 24.7 Å². The van der Waals surface area contributed by atoms with Gasteiger partial charge in [0.2, 0.25) is 0 Å². The van der Waals surface area contributed by atoms with Gasteiger partial charge in [-0.25, -0.2) is 0 Å². The van der Waals surface area contributed by atoms with Gasteiger partial charge in [-0.2, -0.15) is 0 Å². The summed E-state index contributed by atoms with van der Waals surface area (Å²) in [6.07, 6.45) is 1.34. The van der Waals surface area contributed by atoms with Crippen molar-refractivity contribution < 1.29 is 23.7 Å². The van der Waals surface area contributed by atoms with E-state index in [9.17, 15) is 18.9 Å². The molecule has 1 aliphatic rings. The molecule has 1 saturated heterocycles. The van der Waals surface area contributed by atoms with Crippen LogP contribution in [0.2, 0.25) is 0 Å². The van der Waals surface area contributed by atoms with Crippen LogP contribution in [0.15, 0.2) is 35.7 Å². The first-order valence-electron chi connectivity index (χ1n) is 10.6. The number of aromatic nitrogens is 1. The van der Waals surface area contributed by atoms with Crippen molar-refractivity contribution in [3.63, 3.8) is 0 Å². The molecule has 1 aromatic heterocycles. The Morgan fingerprint density at radius 3 is 2.55 bits per heavy atom. The van der Waals surface area contributed by atoms with Crippen molar-refractivity contribution in [2.24, 2.45) is 0 Å². The number of piperazine rings is 1. The molecule has 0 aliphatic carbocycles. The first-order valence-corrected chi connectivity index (χ1v) is 12.3. The molecule has 3 amide bonds. The van der Waals surface area contributed by atoms with Crippen LogP contribution in [-0.2, 0) is 14.1 Å². The molecule has 9 nitrogen and oxygen atoms in total. The molecule has 2 heterocycles. The summed E-state index contributed by atoms with van der Waals surface area (Å²) in [5.74, 6) is -0.995. The van der Waals surface area contributed by atoms with Crippen LogP contribution in [0.25, 0.3) is 10.6 Å². The second-order valence-corrected chi connectivity index (χ2v) is 8.61. The topological polar surface area (TPSA) is 109 Å². The number of nitrogens with one attached hydrogen (secondary N) is 1. The molecule has 1 N–H and O–H groups in total. The van der Waals surface area contributed by atoms with Crippen molar-refractivity contribution in [3.05, 3.63) is 41.4 Å². The van der Waals surface area contributed by atoms with E-state index < -0.39 is 31.9 Å². The number of hydrogen-bond donors (Lipinski definition) is 1. The van der Waals surface area contributed by atoms with Crippen LogP contribution in [0.1, 0.15) is 30.3 Å². The molecule has 174 valence electrons. The fraction of sp³-hybridized carbons (Fsp3) is 0.409. The minimum atomic E-state index is -1.19. The Kier molecular flexibility index (Phi) is 9.24. The average molecular weight is 489 g/mol. The first kappa shape index (κ1) is 24.7. The molecule has 0 spiro atoms. The second kappa shape index (κ2) is 12.3. The van der Waals surface area contributed by atoms with Crippen molar-refractivity contribution in [1.29, 1.82) is 0 Å². The van der Waals surface area contributed by atoms with Crippen molar-refractivity contribution in [1.82, 2.24) is 20.1 Å². The Balaban J connectivity index is 1.58. The zero-order valence-corrected chi connectivity index (χ0v) is 19.9. The van der Waals surface area contributed by atoms with Gasteiger partial charge in [-0.3, -0.25) is 0 Å². The summed E-state index contributed by atoms with van der Waals surface area (Å²) in [4.78, 5) is 45.1. The number of amides is 3. The van der Waals surface area contributed by atoms with Crippen molar-refractivity contribution in [2.45, 2.75) is 25.8 Å². The van der Waals surface area contributed by atoms with Gasteiger partial charge in [0.05, 0.1) is 0 Å². The number of carbonyl (C=O) groups excluding carboxylic acids is 3. The number of rotatable bonds is 7. The summed E-state index contributed by atoms with van der Waals surface area (Å²) in [5.41, 5.74) is 3.50. The summed E-state index contributed by atoms with van der Waals surface area (Å²) in [5, 5.41) is 4.84. The van der Waals surface area contributed by atoms with Crippen LogP contribution in [0.5, 0.6) is 0 Å². The number of unbranched alkanes of at least 4 members (excludes halogenated alkanes) is 1. The predicted molar refractivity (Wildman–Crippen MR) is 125 cm³/mol.